The van der Waals surface area contributed by atoms with Gasteiger partial charge in [0, 0.05) is 12.6 Å². The lowest BCUT2D eigenvalue weighted by atomic mass is 10.2. The summed E-state index contributed by atoms with van der Waals surface area (Å²) in [7, 11) is 1.86. The van der Waals surface area contributed by atoms with E-state index in [1.54, 1.807) is 12.1 Å². The highest BCUT2D eigenvalue weighted by Gasteiger charge is 2.23. The van der Waals surface area contributed by atoms with E-state index in [-0.39, 0.29) is 11.5 Å². The maximum absolute atomic E-state index is 11.6. The molecule has 0 radical (unpaired) electrons. The molecule has 0 aromatic heterocycles. The molecule has 114 valence electrons. The van der Waals surface area contributed by atoms with Gasteiger partial charge >= 0.3 is 5.97 Å². The topological polar surface area (TPSA) is 78.9 Å². The number of benzene rings is 1. The van der Waals surface area contributed by atoms with E-state index in [0.29, 0.717) is 31.5 Å². The molecule has 1 aliphatic rings. The van der Waals surface area contributed by atoms with Crippen LogP contribution in [0.15, 0.2) is 24.3 Å². The van der Waals surface area contributed by atoms with E-state index in [1.807, 2.05) is 11.9 Å². The van der Waals surface area contributed by atoms with Gasteiger partial charge < -0.3 is 15.2 Å². The fourth-order valence-electron chi connectivity index (χ4n) is 1.84. The number of likely N-dealkylation sites (N-methyl/N-ethyl adjacent to an activating group) is 1. The summed E-state index contributed by atoms with van der Waals surface area (Å²) in [6.45, 7) is 1.43. The van der Waals surface area contributed by atoms with E-state index >= 15 is 0 Å². The summed E-state index contributed by atoms with van der Waals surface area (Å²) in [6, 6.07) is 6.65. The lowest BCUT2D eigenvalue weighted by molar-refractivity contribution is -0.122. The Labute approximate surface area is 123 Å². The Balaban J connectivity index is 1.65. The van der Waals surface area contributed by atoms with Crippen molar-refractivity contribution in [2.45, 2.75) is 18.9 Å². The number of carboxylic acid groups (broad SMARTS) is 1. The highest BCUT2D eigenvalue weighted by atomic mass is 16.5. The van der Waals surface area contributed by atoms with Crippen molar-refractivity contribution in [1.82, 2.24) is 10.2 Å². The predicted molar refractivity (Wildman–Crippen MR) is 77.6 cm³/mol. The highest BCUT2D eigenvalue weighted by Crippen LogP contribution is 2.18. The second-order valence-electron chi connectivity index (χ2n) is 5.26. The molecule has 1 fully saturated rings. The van der Waals surface area contributed by atoms with Crippen molar-refractivity contribution < 1.29 is 19.4 Å². The van der Waals surface area contributed by atoms with Crippen LogP contribution in [0.1, 0.15) is 23.2 Å². The molecule has 6 heteroatoms. The van der Waals surface area contributed by atoms with Crippen molar-refractivity contribution in [2.24, 2.45) is 0 Å². The van der Waals surface area contributed by atoms with E-state index in [9.17, 15) is 9.59 Å². The third kappa shape index (κ3) is 5.43. The Morgan fingerprint density at radius 1 is 1.33 bits per heavy atom. The number of nitrogens with zero attached hydrogens (tertiary/aromatic N) is 1. The summed E-state index contributed by atoms with van der Waals surface area (Å²) in [4.78, 5) is 24.2. The van der Waals surface area contributed by atoms with Crippen molar-refractivity contribution in [3.8, 4) is 5.75 Å². The molecule has 1 saturated carbocycles. The molecule has 2 N–H and O–H groups in total. The number of nitrogens with one attached hydrogen (secondary N) is 1. The molecule has 1 aromatic carbocycles. The van der Waals surface area contributed by atoms with E-state index in [0.717, 1.165) is 12.8 Å². The lowest BCUT2D eigenvalue weighted by Gasteiger charge is -2.16. The van der Waals surface area contributed by atoms with Crippen LogP contribution in [-0.4, -0.2) is 54.7 Å². The average Bonchev–Trinajstić information content (AvgIpc) is 3.23. The second kappa shape index (κ2) is 7.08. The van der Waals surface area contributed by atoms with Gasteiger partial charge in [-0.1, -0.05) is 0 Å². The minimum Gasteiger partial charge on any atom is -0.492 e. The van der Waals surface area contributed by atoms with Crippen LogP contribution in [0, 0.1) is 0 Å². The van der Waals surface area contributed by atoms with Gasteiger partial charge in [0.05, 0.1) is 12.1 Å². The van der Waals surface area contributed by atoms with Crippen molar-refractivity contribution in [1.29, 1.82) is 0 Å². The third-order valence-electron chi connectivity index (χ3n) is 3.20. The normalized spacial score (nSPS) is 14.0. The summed E-state index contributed by atoms with van der Waals surface area (Å²) in [5.74, 6) is -0.287. The van der Waals surface area contributed by atoms with E-state index in [4.69, 9.17) is 9.84 Å². The van der Waals surface area contributed by atoms with Gasteiger partial charge in [0.2, 0.25) is 5.91 Å². The maximum Gasteiger partial charge on any atom is 0.335 e. The quantitative estimate of drug-likeness (QED) is 0.746. The number of hydrogen-bond acceptors (Lipinski definition) is 4. The highest BCUT2D eigenvalue weighted by molar-refractivity contribution is 5.87. The molecule has 6 nitrogen and oxygen atoms in total. The first-order valence-corrected chi connectivity index (χ1v) is 6.98. The summed E-state index contributed by atoms with van der Waals surface area (Å²) in [5, 5.41) is 11.7. The average molecular weight is 292 g/mol. The molecule has 2 rings (SSSR count). The van der Waals surface area contributed by atoms with Crippen LogP contribution in [0.5, 0.6) is 5.75 Å². The zero-order valence-electron chi connectivity index (χ0n) is 12.0. The summed E-state index contributed by atoms with van der Waals surface area (Å²) >= 11 is 0. The van der Waals surface area contributed by atoms with Gasteiger partial charge in [0.1, 0.15) is 12.4 Å². The fourth-order valence-corrected chi connectivity index (χ4v) is 1.84. The second-order valence-corrected chi connectivity index (χ2v) is 5.26. The molecule has 0 aliphatic heterocycles. The molecule has 0 saturated heterocycles. The number of amides is 1. The van der Waals surface area contributed by atoms with Gasteiger partial charge in [0.25, 0.3) is 0 Å². The van der Waals surface area contributed by atoms with Gasteiger partial charge in [-0.3, -0.25) is 9.69 Å². The molecule has 0 heterocycles. The van der Waals surface area contributed by atoms with E-state index in [2.05, 4.69) is 5.32 Å². The van der Waals surface area contributed by atoms with Crippen molar-refractivity contribution >= 4 is 11.9 Å². The zero-order valence-corrected chi connectivity index (χ0v) is 12.0. The van der Waals surface area contributed by atoms with Crippen molar-refractivity contribution in [3.05, 3.63) is 29.8 Å². The number of carboxylic acids is 1. The van der Waals surface area contributed by atoms with Crippen molar-refractivity contribution in [2.75, 3.05) is 26.7 Å². The molecule has 0 spiro atoms. The number of ether oxygens (including phenoxy) is 1. The van der Waals surface area contributed by atoms with Gasteiger partial charge in [-0.05, 0) is 44.2 Å². The van der Waals surface area contributed by atoms with Gasteiger partial charge in [-0.2, -0.15) is 0 Å². The Kier molecular flexibility index (Phi) is 5.16. The molecule has 21 heavy (non-hydrogen) atoms. The van der Waals surface area contributed by atoms with Gasteiger partial charge in [0.15, 0.2) is 0 Å². The Bertz CT molecular complexity index is 497. The maximum atomic E-state index is 11.6. The largest absolute Gasteiger partial charge is 0.492 e. The Morgan fingerprint density at radius 2 is 2.00 bits per heavy atom. The molecule has 1 aromatic rings. The predicted octanol–water partition coefficient (Wildman–Crippen LogP) is 0.974. The molecule has 1 amide bonds. The number of aromatic carboxylic acids is 1. The Morgan fingerprint density at radius 3 is 2.57 bits per heavy atom. The van der Waals surface area contributed by atoms with Crippen LogP contribution in [-0.2, 0) is 4.79 Å². The van der Waals surface area contributed by atoms with Gasteiger partial charge in [-0.15, -0.1) is 0 Å². The summed E-state index contributed by atoms with van der Waals surface area (Å²) < 4.78 is 5.52. The van der Waals surface area contributed by atoms with E-state index in [1.165, 1.54) is 12.1 Å². The van der Waals surface area contributed by atoms with Crippen LogP contribution in [0.4, 0.5) is 0 Å². The summed E-state index contributed by atoms with van der Waals surface area (Å²) in [6.07, 6.45) is 2.18. The van der Waals surface area contributed by atoms with Crippen LogP contribution < -0.4 is 10.1 Å². The molecular weight excluding hydrogens is 272 g/mol. The number of hydrogen-bond donors (Lipinski definition) is 2. The smallest absolute Gasteiger partial charge is 0.335 e. The first-order chi connectivity index (χ1) is 10.0. The first-order valence-electron chi connectivity index (χ1n) is 6.98. The minimum absolute atomic E-state index is 0.0470. The standard InChI is InChI=1S/C15H20N2O4/c1-17(10-14(18)16-12-4-5-12)8-9-21-13-6-2-11(3-7-13)15(19)20/h2-3,6-7,12H,4-5,8-10H2,1H3,(H,16,18)(H,19,20). The Hall–Kier alpha value is -2.08. The zero-order chi connectivity index (χ0) is 15.2. The monoisotopic (exact) mass is 292 g/mol. The minimum atomic E-state index is -0.956. The van der Waals surface area contributed by atoms with Crippen LogP contribution in [0.25, 0.3) is 0 Å². The lowest BCUT2D eigenvalue weighted by Crippen LogP contribution is -2.37. The number of carbonyl (C=O) groups excluding carboxylic acids is 1. The van der Waals surface area contributed by atoms with Crippen LogP contribution in [0.3, 0.4) is 0 Å². The number of rotatable bonds is 8. The molecule has 0 atom stereocenters. The molecule has 0 unspecified atom stereocenters. The van der Waals surface area contributed by atoms with Gasteiger partial charge in [-0.25, -0.2) is 4.79 Å². The SMILES string of the molecule is CN(CCOc1ccc(C(=O)O)cc1)CC(=O)NC1CC1. The molecular formula is C15H20N2O4. The molecule has 0 bridgehead atoms. The third-order valence-corrected chi connectivity index (χ3v) is 3.20. The van der Waals surface area contributed by atoms with Crippen LogP contribution >= 0.6 is 0 Å². The fraction of sp³-hybridized carbons (Fsp3) is 0.467. The summed E-state index contributed by atoms with van der Waals surface area (Å²) in [5.41, 5.74) is 0.233. The first kappa shape index (κ1) is 15.3. The van der Waals surface area contributed by atoms with Crippen molar-refractivity contribution in [3.63, 3.8) is 0 Å². The number of carbonyl (C=O) groups is 2. The molecule has 1 aliphatic carbocycles. The van der Waals surface area contributed by atoms with Crippen LogP contribution in [0.2, 0.25) is 0 Å². The van der Waals surface area contributed by atoms with E-state index < -0.39 is 5.97 Å².